The average molecular weight is 383 g/mol. The molecular weight excluding hydrogens is 358 g/mol. The first-order chi connectivity index (χ1) is 13.2. The number of carbonyl (C=O) groups excluding carboxylic acids is 4. The highest BCUT2D eigenvalue weighted by Gasteiger charge is 2.61. The van der Waals surface area contributed by atoms with Crippen molar-refractivity contribution < 1.29 is 23.9 Å². The van der Waals surface area contributed by atoms with E-state index in [0.29, 0.717) is 17.5 Å². The van der Waals surface area contributed by atoms with Crippen molar-refractivity contribution in [2.75, 3.05) is 11.5 Å². The minimum atomic E-state index is -0.599. The number of Topliss-reactive ketones (excluding diaryl/α,β-unsaturated/α-hetero) is 1. The lowest BCUT2D eigenvalue weighted by atomic mass is 9.81. The summed E-state index contributed by atoms with van der Waals surface area (Å²) in [5.41, 5.74) is 0.203. The topological polar surface area (TPSA) is 80.8 Å². The number of hydrogen-bond acceptors (Lipinski definition) is 5. The zero-order valence-corrected chi connectivity index (χ0v) is 16.4. The second kappa shape index (κ2) is 6.54. The number of ketones is 1. The zero-order chi connectivity index (χ0) is 20.2. The van der Waals surface area contributed by atoms with Gasteiger partial charge in [-0.05, 0) is 55.4 Å². The van der Waals surface area contributed by atoms with E-state index in [2.05, 4.69) is 0 Å². The number of ether oxygens (including phenoxy) is 1. The van der Waals surface area contributed by atoms with Crippen molar-refractivity contribution in [1.82, 2.24) is 0 Å². The number of imide groups is 1. The maximum atomic E-state index is 12.9. The fourth-order valence-corrected chi connectivity index (χ4v) is 4.84. The van der Waals surface area contributed by atoms with Crippen LogP contribution in [0.2, 0.25) is 0 Å². The summed E-state index contributed by atoms with van der Waals surface area (Å²) in [6, 6.07) is 6.26. The van der Waals surface area contributed by atoms with Gasteiger partial charge in [0.05, 0.1) is 23.1 Å². The Morgan fingerprint density at radius 3 is 2.04 bits per heavy atom. The van der Waals surface area contributed by atoms with Crippen LogP contribution < -0.4 is 4.90 Å². The first kappa shape index (κ1) is 18.8. The predicted octanol–water partition coefficient (Wildman–Crippen LogP) is 2.99. The molecule has 3 aliphatic rings. The van der Waals surface area contributed by atoms with Crippen molar-refractivity contribution in [3.05, 3.63) is 29.8 Å². The molecular formula is C22H25NO5. The van der Waals surface area contributed by atoms with E-state index >= 15 is 0 Å². The molecule has 0 radical (unpaired) electrons. The standard InChI is InChI=1S/C22H25NO5/c1-22(2,3)16(24)11-28-21(27)12-6-8-15(9-7-12)23-19(25)17-13-4-5-14(10-13)18(17)20(23)26/h6-9,13-14,17-18H,4-5,10-11H2,1-3H3/t13-,14+,17-,18+. The molecule has 2 bridgehead atoms. The second-order valence-corrected chi connectivity index (χ2v) is 9.19. The molecule has 0 aromatic heterocycles. The number of nitrogens with zero attached hydrogens (tertiary/aromatic N) is 1. The number of benzene rings is 1. The Labute approximate surface area is 164 Å². The largest absolute Gasteiger partial charge is 0.454 e. The van der Waals surface area contributed by atoms with E-state index in [1.165, 1.54) is 17.0 Å². The Hall–Kier alpha value is -2.50. The van der Waals surface area contributed by atoms with Crippen LogP contribution in [0.25, 0.3) is 0 Å². The van der Waals surface area contributed by atoms with Crippen LogP contribution in [0.4, 0.5) is 5.69 Å². The fourth-order valence-electron chi connectivity index (χ4n) is 4.84. The van der Waals surface area contributed by atoms with Crippen LogP contribution in [0.1, 0.15) is 50.4 Å². The number of rotatable bonds is 4. The number of anilines is 1. The predicted molar refractivity (Wildman–Crippen MR) is 101 cm³/mol. The number of amides is 2. The highest BCUT2D eigenvalue weighted by molar-refractivity contribution is 6.22. The molecule has 1 aliphatic heterocycles. The first-order valence-corrected chi connectivity index (χ1v) is 9.87. The Kier molecular flexibility index (Phi) is 4.40. The van der Waals surface area contributed by atoms with E-state index < -0.39 is 11.4 Å². The van der Waals surface area contributed by atoms with Gasteiger partial charge < -0.3 is 4.74 Å². The van der Waals surface area contributed by atoms with Gasteiger partial charge in [0.15, 0.2) is 12.4 Å². The van der Waals surface area contributed by atoms with Gasteiger partial charge in [0.25, 0.3) is 0 Å². The van der Waals surface area contributed by atoms with Crippen molar-refractivity contribution in [1.29, 1.82) is 0 Å². The van der Waals surface area contributed by atoms with Crippen molar-refractivity contribution in [3.8, 4) is 0 Å². The third-order valence-electron chi connectivity index (χ3n) is 6.46. The quantitative estimate of drug-likeness (QED) is 0.590. The lowest BCUT2D eigenvalue weighted by molar-refractivity contribution is -0.129. The van der Waals surface area contributed by atoms with Crippen molar-refractivity contribution >= 4 is 29.3 Å². The van der Waals surface area contributed by atoms with Crippen molar-refractivity contribution in [3.63, 3.8) is 0 Å². The molecule has 3 fully saturated rings. The molecule has 1 aromatic rings. The average Bonchev–Trinajstić information content (AvgIpc) is 3.32. The first-order valence-electron chi connectivity index (χ1n) is 9.87. The normalized spacial score (nSPS) is 28.6. The lowest BCUT2D eigenvalue weighted by Gasteiger charge is -2.19. The van der Waals surface area contributed by atoms with Gasteiger partial charge in [-0.25, -0.2) is 4.79 Å². The van der Waals surface area contributed by atoms with E-state index in [9.17, 15) is 19.2 Å². The zero-order valence-electron chi connectivity index (χ0n) is 16.4. The van der Waals surface area contributed by atoms with Crippen molar-refractivity contribution in [2.45, 2.75) is 40.0 Å². The molecule has 2 amide bonds. The van der Waals surface area contributed by atoms with Gasteiger partial charge in [0.2, 0.25) is 11.8 Å². The third-order valence-corrected chi connectivity index (χ3v) is 6.46. The molecule has 2 aliphatic carbocycles. The van der Waals surface area contributed by atoms with Gasteiger partial charge in [0.1, 0.15) is 0 Å². The van der Waals surface area contributed by atoms with Crippen LogP contribution in [0.3, 0.4) is 0 Å². The summed E-state index contributed by atoms with van der Waals surface area (Å²) in [5.74, 6) is -0.623. The highest BCUT2D eigenvalue weighted by Crippen LogP contribution is 2.56. The summed E-state index contributed by atoms with van der Waals surface area (Å²) in [7, 11) is 0. The van der Waals surface area contributed by atoms with Gasteiger partial charge in [-0.2, -0.15) is 0 Å². The van der Waals surface area contributed by atoms with Gasteiger partial charge >= 0.3 is 5.97 Å². The maximum absolute atomic E-state index is 12.9. The van der Waals surface area contributed by atoms with Gasteiger partial charge in [-0.1, -0.05) is 20.8 Å². The summed E-state index contributed by atoms with van der Waals surface area (Å²) >= 11 is 0. The molecule has 1 aromatic carbocycles. The van der Waals surface area contributed by atoms with E-state index in [1.54, 1.807) is 32.9 Å². The monoisotopic (exact) mass is 383 g/mol. The Balaban J connectivity index is 1.45. The van der Waals surface area contributed by atoms with E-state index in [4.69, 9.17) is 4.74 Å². The van der Waals surface area contributed by atoms with Crippen LogP contribution >= 0.6 is 0 Å². The lowest BCUT2D eigenvalue weighted by Crippen LogP contribution is -2.32. The number of hydrogen-bond donors (Lipinski definition) is 0. The second-order valence-electron chi connectivity index (χ2n) is 9.19. The summed E-state index contributed by atoms with van der Waals surface area (Å²) in [5, 5.41) is 0. The van der Waals surface area contributed by atoms with Crippen LogP contribution in [-0.2, 0) is 19.1 Å². The van der Waals surface area contributed by atoms with Crippen LogP contribution in [0, 0.1) is 29.1 Å². The summed E-state index contributed by atoms with van der Waals surface area (Å²) in [6.07, 6.45) is 3.08. The minimum Gasteiger partial charge on any atom is -0.454 e. The minimum absolute atomic E-state index is 0.103. The van der Waals surface area contributed by atoms with Crippen LogP contribution in [-0.4, -0.2) is 30.2 Å². The van der Waals surface area contributed by atoms with Crippen molar-refractivity contribution in [2.24, 2.45) is 29.1 Å². The maximum Gasteiger partial charge on any atom is 0.338 e. The number of carbonyl (C=O) groups is 4. The summed E-state index contributed by atoms with van der Waals surface area (Å²) in [4.78, 5) is 51.1. The van der Waals surface area contributed by atoms with E-state index in [-0.39, 0.29) is 41.6 Å². The van der Waals surface area contributed by atoms with Crippen LogP contribution in [0.5, 0.6) is 0 Å². The van der Waals surface area contributed by atoms with E-state index in [0.717, 1.165) is 19.3 Å². The molecule has 6 nitrogen and oxygen atoms in total. The fraction of sp³-hybridized carbons (Fsp3) is 0.545. The molecule has 2 saturated carbocycles. The van der Waals surface area contributed by atoms with E-state index in [1.807, 2.05) is 0 Å². The Morgan fingerprint density at radius 2 is 1.54 bits per heavy atom. The molecule has 1 saturated heterocycles. The van der Waals surface area contributed by atoms with Gasteiger partial charge in [-0.3, -0.25) is 19.3 Å². The number of fused-ring (bicyclic) bond motifs is 5. The molecule has 0 N–H and O–H groups in total. The molecule has 4 rings (SSSR count). The number of esters is 1. The molecule has 148 valence electrons. The highest BCUT2D eigenvalue weighted by atomic mass is 16.5. The SMILES string of the molecule is CC(C)(C)C(=O)COC(=O)c1ccc(N2C(=O)[C@@H]3[C@@H]4CC[C@@H](C4)[C@@H]3C2=O)cc1. The van der Waals surface area contributed by atoms with Gasteiger partial charge in [0, 0.05) is 5.41 Å². The Bertz CT molecular complexity index is 823. The Morgan fingerprint density at radius 1 is 1.00 bits per heavy atom. The molecule has 0 spiro atoms. The van der Waals surface area contributed by atoms with Crippen LogP contribution in [0.15, 0.2) is 24.3 Å². The van der Waals surface area contributed by atoms with Gasteiger partial charge in [-0.15, -0.1) is 0 Å². The molecule has 28 heavy (non-hydrogen) atoms. The molecule has 0 unspecified atom stereocenters. The smallest absolute Gasteiger partial charge is 0.338 e. The molecule has 1 heterocycles. The third kappa shape index (κ3) is 2.95. The summed E-state index contributed by atoms with van der Waals surface area (Å²) in [6.45, 7) is 5.02. The molecule has 6 heteroatoms. The summed E-state index contributed by atoms with van der Waals surface area (Å²) < 4.78 is 5.09. The molecule has 4 atom stereocenters.